The molecule has 1 aliphatic rings. The quantitative estimate of drug-likeness (QED) is 0.546. The van der Waals surface area contributed by atoms with Crippen LogP contribution in [-0.4, -0.2) is 65.8 Å². The molecule has 8 nitrogen and oxygen atoms in total. The minimum atomic E-state index is -3.45. The third-order valence-corrected chi connectivity index (χ3v) is 7.49. The number of aromatic nitrogens is 2. The fourth-order valence-electron chi connectivity index (χ4n) is 4.23. The Morgan fingerprint density at radius 2 is 1.73 bits per heavy atom. The summed E-state index contributed by atoms with van der Waals surface area (Å²) in [5.41, 5.74) is 2.85. The van der Waals surface area contributed by atoms with Crippen LogP contribution in [0.4, 0.5) is 0 Å². The molecule has 2 atom stereocenters. The van der Waals surface area contributed by atoms with Gasteiger partial charge in [0, 0.05) is 38.2 Å². The number of hydrogen-bond acceptors (Lipinski definition) is 5. The van der Waals surface area contributed by atoms with Crippen molar-refractivity contribution < 1.29 is 17.9 Å². The summed E-state index contributed by atoms with van der Waals surface area (Å²) < 4.78 is 34.4. The van der Waals surface area contributed by atoms with Crippen molar-refractivity contribution in [3.8, 4) is 5.69 Å². The van der Waals surface area contributed by atoms with Crippen molar-refractivity contribution >= 4 is 27.0 Å². The number of hydrogen-bond donors (Lipinski definition) is 1. The second kappa shape index (κ2) is 10.0. The molecule has 1 saturated heterocycles. The molecule has 2 aromatic carbocycles. The van der Waals surface area contributed by atoms with E-state index in [0.717, 1.165) is 22.5 Å². The third kappa shape index (κ3) is 5.61. The summed E-state index contributed by atoms with van der Waals surface area (Å²) >= 11 is 0. The highest BCUT2D eigenvalue weighted by Gasteiger charge is 2.30. The predicted octanol–water partition coefficient (Wildman–Crippen LogP) is 2.51. The Morgan fingerprint density at radius 1 is 1.06 bits per heavy atom. The van der Waals surface area contributed by atoms with Crippen LogP contribution in [0.3, 0.4) is 0 Å². The highest BCUT2D eigenvalue weighted by molar-refractivity contribution is 7.89. The number of nitrogens with zero attached hydrogens (tertiary/aromatic N) is 3. The molecule has 0 spiro atoms. The number of morpholine rings is 1. The molecule has 9 heteroatoms. The maximum atomic E-state index is 12.6. The summed E-state index contributed by atoms with van der Waals surface area (Å²) in [5, 5.41) is 2.75. The van der Waals surface area contributed by atoms with E-state index in [2.05, 4.69) is 9.88 Å². The van der Waals surface area contributed by atoms with Crippen LogP contribution in [0, 0.1) is 0 Å². The molecule has 0 radical (unpaired) electrons. The summed E-state index contributed by atoms with van der Waals surface area (Å²) in [7, 11) is -3.45. The van der Waals surface area contributed by atoms with Gasteiger partial charge in [-0.25, -0.2) is 13.4 Å². The highest BCUT2D eigenvalue weighted by atomic mass is 32.2. The van der Waals surface area contributed by atoms with Gasteiger partial charge in [0.25, 0.3) is 0 Å². The largest absolute Gasteiger partial charge is 0.373 e. The first-order valence-corrected chi connectivity index (χ1v) is 12.9. The Hall–Kier alpha value is -2.75. The predicted molar refractivity (Wildman–Crippen MR) is 128 cm³/mol. The number of benzene rings is 2. The van der Waals surface area contributed by atoms with E-state index in [-0.39, 0.29) is 36.8 Å². The van der Waals surface area contributed by atoms with Crippen LogP contribution >= 0.6 is 0 Å². The number of carbonyl (C=O) groups is 1. The number of fused-ring (bicyclic) bond motifs is 1. The van der Waals surface area contributed by atoms with Crippen LogP contribution in [0.2, 0.25) is 0 Å². The van der Waals surface area contributed by atoms with Gasteiger partial charge in [-0.15, -0.1) is 0 Å². The molecular formula is C24H30N4O4S. The van der Waals surface area contributed by atoms with Crippen LogP contribution in [-0.2, 0) is 26.0 Å². The lowest BCUT2D eigenvalue weighted by Crippen LogP contribution is -2.49. The lowest BCUT2D eigenvalue weighted by molar-refractivity contribution is -0.120. The average molecular weight is 471 g/mol. The molecule has 4 rings (SSSR count). The van der Waals surface area contributed by atoms with E-state index in [1.807, 2.05) is 68.4 Å². The van der Waals surface area contributed by atoms with Gasteiger partial charge < -0.3 is 10.1 Å². The van der Waals surface area contributed by atoms with E-state index in [9.17, 15) is 13.2 Å². The molecule has 0 saturated carbocycles. The van der Waals surface area contributed by atoms with Crippen LogP contribution in [0.1, 0.15) is 26.1 Å². The first-order chi connectivity index (χ1) is 15.8. The van der Waals surface area contributed by atoms with Gasteiger partial charge in [-0.2, -0.15) is 4.31 Å². The molecule has 2 heterocycles. The van der Waals surface area contributed by atoms with E-state index in [1.54, 1.807) is 0 Å². The minimum absolute atomic E-state index is 0.0797. The third-order valence-electron chi connectivity index (χ3n) is 5.68. The first-order valence-electron chi connectivity index (χ1n) is 11.3. The maximum absolute atomic E-state index is 12.6. The fraction of sp³-hybridized carbons (Fsp3) is 0.417. The van der Waals surface area contributed by atoms with E-state index < -0.39 is 10.0 Å². The van der Waals surface area contributed by atoms with E-state index in [1.165, 1.54) is 4.31 Å². The van der Waals surface area contributed by atoms with Crippen molar-refractivity contribution in [1.29, 1.82) is 0 Å². The summed E-state index contributed by atoms with van der Waals surface area (Å²) in [6.45, 7) is 4.49. The number of aryl methyl sites for hydroxylation is 1. The second-order valence-electron chi connectivity index (χ2n) is 8.43. The molecule has 2 unspecified atom stereocenters. The fourth-order valence-corrected chi connectivity index (χ4v) is 5.72. The van der Waals surface area contributed by atoms with Gasteiger partial charge in [0.2, 0.25) is 15.9 Å². The van der Waals surface area contributed by atoms with Gasteiger partial charge in [0.05, 0.1) is 29.0 Å². The number of rotatable bonds is 8. The van der Waals surface area contributed by atoms with Gasteiger partial charge >= 0.3 is 0 Å². The summed E-state index contributed by atoms with van der Waals surface area (Å²) in [6.07, 6.45) is 0.395. The first kappa shape index (κ1) is 23.4. The molecule has 3 aromatic rings. The molecule has 33 heavy (non-hydrogen) atoms. The maximum Gasteiger partial charge on any atom is 0.220 e. The van der Waals surface area contributed by atoms with Crippen LogP contribution in [0.15, 0.2) is 54.6 Å². The minimum Gasteiger partial charge on any atom is -0.373 e. The average Bonchev–Trinajstić information content (AvgIpc) is 3.16. The molecule has 1 amide bonds. The molecule has 1 aliphatic heterocycles. The van der Waals surface area contributed by atoms with E-state index in [0.29, 0.717) is 19.5 Å². The Kier molecular flexibility index (Phi) is 7.11. The number of imidazole rings is 1. The zero-order chi connectivity index (χ0) is 23.4. The molecule has 1 N–H and O–H groups in total. The number of amides is 1. The second-order valence-corrected chi connectivity index (χ2v) is 10.5. The normalized spacial score (nSPS) is 19.6. The van der Waals surface area contributed by atoms with Gasteiger partial charge in [0.15, 0.2) is 0 Å². The van der Waals surface area contributed by atoms with E-state index >= 15 is 0 Å². The lowest BCUT2D eigenvalue weighted by atomic mass is 10.2. The van der Waals surface area contributed by atoms with Crippen molar-refractivity contribution in [2.24, 2.45) is 0 Å². The summed E-state index contributed by atoms with van der Waals surface area (Å²) in [5.74, 6) is 0.475. The van der Waals surface area contributed by atoms with E-state index in [4.69, 9.17) is 9.72 Å². The van der Waals surface area contributed by atoms with Crippen molar-refractivity contribution in [2.45, 2.75) is 38.9 Å². The van der Waals surface area contributed by atoms with Crippen LogP contribution in [0.5, 0.6) is 0 Å². The van der Waals surface area contributed by atoms with Crippen molar-refractivity contribution in [2.75, 3.05) is 25.4 Å². The molecule has 0 aliphatic carbocycles. The molecule has 0 bridgehead atoms. The Morgan fingerprint density at radius 3 is 2.45 bits per heavy atom. The topological polar surface area (TPSA) is 93.5 Å². The van der Waals surface area contributed by atoms with Gasteiger partial charge in [-0.05, 0) is 38.1 Å². The molecule has 176 valence electrons. The molecule has 1 aromatic heterocycles. The molecular weight excluding hydrogens is 440 g/mol. The number of para-hydroxylation sites is 3. The van der Waals surface area contributed by atoms with Crippen LogP contribution < -0.4 is 5.32 Å². The smallest absolute Gasteiger partial charge is 0.220 e. The summed E-state index contributed by atoms with van der Waals surface area (Å²) in [4.78, 5) is 17.2. The van der Waals surface area contributed by atoms with Gasteiger partial charge in [-0.3, -0.25) is 9.36 Å². The highest BCUT2D eigenvalue weighted by Crippen LogP contribution is 2.22. The standard InChI is InChI=1S/C24H30N4O4S/c1-18-16-27(17-19(2)32-18)33(30,31)15-14-25-24(29)13-12-23-26-21-10-6-7-11-22(21)28(23)20-8-4-3-5-9-20/h3-11,18-19H,12-17H2,1-2H3,(H,25,29). The number of sulfonamides is 1. The van der Waals surface area contributed by atoms with Crippen molar-refractivity contribution in [3.05, 3.63) is 60.4 Å². The van der Waals surface area contributed by atoms with Gasteiger partial charge in [-0.1, -0.05) is 30.3 Å². The zero-order valence-corrected chi connectivity index (χ0v) is 19.8. The summed E-state index contributed by atoms with van der Waals surface area (Å²) in [6, 6.07) is 17.8. The van der Waals surface area contributed by atoms with Gasteiger partial charge in [0.1, 0.15) is 5.82 Å². The Bertz CT molecular complexity index is 1200. The Labute approximate surface area is 194 Å². The SMILES string of the molecule is CC1CN(S(=O)(=O)CCNC(=O)CCc2nc3ccccc3n2-c2ccccc2)CC(C)O1. The number of carbonyl (C=O) groups excluding carboxylic acids is 1. The molecule has 1 fully saturated rings. The zero-order valence-electron chi connectivity index (χ0n) is 19.0. The number of nitrogens with one attached hydrogen (secondary N) is 1. The van der Waals surface area contributed by atoms with Crippen LogP contribution in [0.25, 0.3) is 16.7 Å². The van der Waals surface area contributed by atoms with Crippen molar-refractivity contribution in [1.82, 2.24) is 19.2 Å². The monoisotopic (exact) mass is 470 g/mol. The van der Waals surface area contributed by atoms with Crippen molar-refractivity contribution in [3.63, 3.8) is 0 Å². The lowest BCUT2D eigenvalue weighted by Gasteiger charge is -2.34. The number of ether oxygens (including phenoxy) is 1. The Balaban J connectivity index is 1.36.